The van der Waals surface area contributed by atoms with Gasteiger partial charge in [-0.1, -0.05) is 17.7 Å². The molecule has 0 saturated heterocycles. The molecular weight excluding hydrogens is 229 g/mol. The number of aromatic nitrogens is 2. The van der Waals surface area contributed by atoms with E-state index in [0.717, 1.165) is 5.82 Å². The predicted octanol–water partition coefficient (Wildman–Crippen LogP) is 2.49. The molecule has 0 aliphatic carbocycles. The molecule has 0 radical (unpaired) electrons. The van der Waals surface area contributed by atoms with Gasteiger partial charge in [-0.3, -0.25) is 0 Å². The van der Waals surface area contributed by atoms with Crippen LogP contribution in [0.2, 0.25) is 5.02 Å². The van der Waals surface area contributed by atoms with Gasteiger partial charge in [-0.15, -0.1) is 0 Å². The molecule has 0 unspecified atom stereocenters. The van der Waals surface area contributed by atoms with Crippen molar-refractivity contribution in [1.29, 1.82) is 0 Å². The summed E-state index contributed by atoms with van der Waals surface area (Å²) >= 11 is 5.66. The molecule has 16 heavy (non-hydrogen) atoms. The van der Waals surface area contributed by atoms with Gasteiger partial charge in [-0.25, -0.2) is 9.37 Å². The third-order valence-corrected chi connectivity index (χ3v) is 2.41. The van der Waals surface area contributed by atoms with Gasteiger partial charge >= 0.3 is 0 Å². The average Bonchev–Trinajstić information content (AvgIpc) is 2.74. The van der Waals surface area contributed by atoms with Crippen LogP contribution < -0.4 is 5.32 Å². The molecule has 1 aromatic heterocycles. The number of benzene rings is 1. The molecule has 0 saturated carbocycles. The zero-order valence-electron chi connectivity index (χ0n) is 8.50. The number of H-pyrrole nitrogens is 1. The quantitative estimate of drug-likeness (QED) is 0.861. The normalized spacial score (nSPS) is 10.6. The monoisotopic (exact) mass is 239 g/mol. The first-order valence-electron chi connectivity index (χ1n) is 4.88. The first-order chi connectivity index (χ1) is 7.75. The van der Waals surface area contributed by atoms with Crippen molar-refractivity contribution < 1.29 is 4.39 Å². The van der Waals surface area contributed by atoms with E-state index in [-0.39, 0.29) is 5.82 Å². The summed E-state index contributed by atoms with van der Waals surface area (Å²) in [6.07, 6.45) is 3.43. The van der Waals surface area contributed by atoms with Crippen molar-refractivity contribution in [3.8, 4) is 0 Å². The Morgan fingerprint density at radius 2 is 2.25 bits per heavy atom. The Morgan fingerprint density at radius 3 is 2.94 bits per heavy atom. The molecular formula is C11H11ClFN3. The molecule has 0 aliphatic rings. The molecule has 2 rings (SSSR count). The third-order valence-electron chi connectivity index (χ3n) is 2.18. The van der Waals surface area contributed by atoms with Crippen LogP contribution in [0.15, 0.2) is 30.6 Å². The van der Waals surface area contributed by atoms with Gasteiger partial charge in [0.2, 0.25) is 0 Å². The molecule has 5 heteroatoms. The lowest BCUT2D eigenvalue weighted by Crippen LogP contribution is -2.14. The minimum Gasteiger partial charge on any atom is -0.348 e. The fraction of sp³-hybridized carbons (Fsp3) is 0.182. The number of nitrogens with one attached hydrogen (secondary N) is 2. The molecule has 0 spiro atoms. The van der Waals surface area contributed by atoms with Gasteiger partial charge in [0.15, 0.2) is 0 Å². The van der Waals surface area contributed by atoms with E-state index in [2.05, 4.69) is 15.3 Å². The van der Waals surface area contributed by atoms with Gasteiger partial charge in [-0.2, -0.15) is 0 Å². The molecule has 3 nitrogen and oxygen atoms in total. The van der Waals surface area contributed by atoms with Crippen LogP contribution in [0.5, 0.6) is 0 Å². The van der Waals surface area contributed by atoms with Crippen LogP contribution >= 0.6 is 11.6 Å². The Labute approximate surface area is 97.7 Å². The van der Waals surface area contributed by atoms with Gasteiger partial charge in [0.25, 0.3) is 0 Å². The topological polar surface area (TPSA) is 40.7 Å². The molecule has 0 fully saturated rings. The maximum atomic E-state index is 13.4. The Hall–Kier alpha value is -1.39. The Kier molecular flexibility index (Phi) is 3.54. The average molecular weight is 240 g/mol. The number of hydrogen-bond donors (Lipinski definition) is 2. The molecule has 0 amide bonds. The van der Waals surface area contributed by atoms with Crippen molar-refractivity contribution in [1.82, 2.24) is 15.3 Å². The highest BCUT2D eigenvalue weighted by Gasteiger charge is 2.02. The summed E-state index contributed by atoms with van der Waals surface area (Å²) in [6, 6.07) is 4.66. The van der Waals surface area contributed by atoms with Crippen molar-refractivity contribution >= 4 is 11.6 Å². The summed E-state index contributed by atoms with van der Waals surface area (Å²) in [5.41, 5.74) is 0.593. The van der Waals surface area contributed by atoms with Crippen LogP contribution in [0.3, 0.4) is 0 Å². The summed E-state index contributed by atoms with van der Waals surface area (Å²) < 4.78 is 13.4. The first kappa shape index (κ1) is 11.1. The second-order valence-electron chi connectivity index (χ2n) is 3.38. The Morgan fingerprint density at radius 1 is 1.38 bits per heavy atom. The lowest BCUT2D eigenvalue weighted by molar-refractivity contribution is 0.584. The fourth-order valence-corrected chi connectivity index (χ4v) is 1.53. The van der Waals surface area contributed by atoms with Crippen LogP contribution in [0.25, 0.3) is 0 Å². The summed E-state index contributed by atoms with van der Waals surface area (Å²) in [5.74, 6) is 0.536. The lowest BCUT2D eigenvalue weighted by atomic mass is 10.2. The summed E-state index contributed by atoms with van der Waals surface area (Å²) in [4.78, 5) is 7.01. The lowest BCUT2D eigenvalue weighted by Gasteiger charge is -2.04. The standard InChI is InChI=1S/C11H11ClFN3/c12-9-2-1-8(10(13)5-9)6-14-7-11-15-3-4-16-11/h1-5,14H,6-7H2,(H,15,16). The number of aromatic amines is 1. The van der Waals surface area contributed by atoms with Crippen molar-refractivity contribution in [3.05, 3.63) is 52.8 Å². The van der Waals surface area contributed by atoms with E-state index in [1.54, 1.807) is 24.5 Å². The number of rotatable bonds is 4. The fourth-order valence-electron chi connectivity index (χ4n) is 1.38. The van der Waals surface area contributed by atoms with Crippen molar-refractivity contribution in [2.24, 2.45) is 0 Å². The van der Waals surface area contributed by atoms with Crippen molar-refractivity contribution in [2.75, 3.05) is 0 Å². The maximum Gasteiger partial charge on any atom is 0.129 e. The summed E-state index contributed by atoms with van der Waals surface area (Å²) in [5, 5.41) is 3.50. The predicted molar refractivity (Wildman–Crippen MR) is 60.5 cm³/mol. The van der Waals surface area contributed by atoms with E-state index in [9.17, 15) is 4.39 Å². The SMILES string of the molecule is Fc1cc(Cl)ccc1CNCc1ncc[nH]1. The Bertz CT molecular complexity index is 456. The number of nitrogens with zero attached hydrogens (tertiary/aromatic N) is 1. The van der Waals surface area contributed by atoms with Crippen LogP contribution in [0, 0.1) is 5.82 Å². The minimum atomic E-state index is -0.292. The minimum absolute atomic E-state index is 0.292. The van der Waals surface area contributed by atoms with Crippen molar-refractivity contribution in [2.45, 2.75) is 13.1 Å². The number of halogens is 2. The van der Waals surface area contributed by atoms with Crippen LogP contribution in [0.1, 0.15) is 11.4 Å². The zero-order valence-corrected chi connectivity index (χ0v) is 9.26. The smallest absolute Gasteiger partial charge is 0.129 e. The largest absolute Gasteiger partial charge is 0.348 e. The molecule has 84 valence electrons. The van der Waals surface area contributed by atoms with Gasteiger partial charge in [-0.05, 0) is 12.1 Å². The molecule has 0 aliphatic heterocycles. The van der Waals surface area contributed by atoms with E-state index in [1.807, 2.05) is 0 Å². The molecule has 2 aromatic rings. The summed E-state index contributed by atoms with van der Waals surface area (Å²) in [7, 11) is 0. The molecule has 2 N–H and O–H groups in total. The molecule has 1 aromatic carbocycles. The summed E-state index contributed by atoms with van der Waals surface area (Å²) in [6.45, 7) is 1.03. The highest BCUT2D eigenvalue weighted by Crippen LogP contribution is 2.14. The number of hydrogen-bond acceptors (Lipinski definition) is 2. The van der Waals surface area contributed by atoms with Gasteiger partial charge in [0, 0.05) is 29.5 Å². The highest BCUT2D eigenvalue weighted by molar-refractivity contribution is 6.30. The van der Waals surface area contributed by atoms with Crippen molar-refractivity contribution in [3.63, 3.8) is 0 Å². The highest BCUT2D eigenvalue weighted by atomic mass is 35.5. The van der Waals surface area contributed by atoms with E-state index in [0.29, 0.717) is 23.7 Å². The van der Waals surface area contributed by atoms with Gasteiger partial charge < -0.3 is 10.3 Å². The Balaban J connectivity index is 1.90. The second kappa shape index (κ2) is 5.09. The maximum absolute atomic E-state index is 13.4. The molecule has 1 heterocycles. The third kappa shape index (κ3) is 2.81. The molecule has 0 bridgehead atoms. The first-order valence-corrected chi connectivity index (χ1v) is 5.26. The second-order valence-corrected chi connectivity index (χ2v) is 3.81. The van der Waals surface area contributed by atoms with E-state index in [1.165, 1.54) is 6.07 Å². The van der Waals surface area contributed by atoms with Crippen LogP contribution in [-0.2, 0) is 13.1 Å². The van der Waals surface area contributed by atoms with Gasteiger partial charge in [0.05, 0.1) is 6.54 Å². The van der Waals surface area contributed by atoms with Crippen LogP contribution in [-0.4, -0.2) is 9.97 Å². The number of imidazole rings is 1. The zero-order chi connectivity index (χ0) is 11.4. The van der Waals surface area contributed by atoms with Crippen LogP contribution in [0.4, 0.5) is 4.39 Å². The van der Waals surface area contributed by atoms with Gasteiger partial charge in [0.1, 0.15) is 11.6 Å². The van der Waals surface area contributed by atoms with E-state index >= 15 is 0 Å². The van der Waals surface area contributed by atoms with E-state index in [4.69, 9.17) is 11.6 Å². The van der Waals surface area contributed by atoms with E-state index < -0.39 is 0 Å². The molecule has 0 atom stereocenters.